The van der Waals surface area contributed by atoms with Gasteiger partial charge in [-0.1, -0.05) is 60.7 Å². The lowest BCUT2D eigenvalue weighted by Crippen LogP contribution is -2.18. The summed E-state index contributed by atoms with van der Waals surface area (Å²) >= 11 is 0. The summed E-state index contributed by atoms with van der Waals surface area (Å²) in [6.07, 6.45) is 0.718. The molecule has 0 spiro atoms. The maximum absolute atomic E-state index is 12.6. The van der Waals surface area contributed by atoms with E-state index in [-0.39, 0.29) is 0 Å². The first-order valence-corrected chi connectivity index (χ1v) is 9.00. The second-order valence-electron chi connectivity index (χ2n) is 5.62. The SMILES string of the molecule is O=P1(O)Oc2ccccc2-c2ccc(Cc3ccccc3)cc21. The van der Waals surface area contributed by atoms with E-state index in [1.54, 1.807) is 18.2 Å². The molecule has 23 heavy (non-hydrogen) atoms. The lowest BCUT2D eigenvalue weighted by Gasteiger charge is -2.25. The molecule has 0 saturated carbocycles. The molecular weight excluding hydrogens is 307 g/mol. The van der Waals surface area contributed by atoms with Gasteiger partial charge in [-0.3, -0.25) is 0 Å². The van der Waals surface area contributed by atoms with E-state index in [0.29, 0.717) is 11.1 Å². The van der Waals surface area contributed by atoms with Crippen molar-refractivity contribution in [2.24, 2.45) is 0 Å². The molecule has 1 unspecified atom stereocenters. The molecule has 3 aromatic rings. The zero-order valence-corrected chi connectivity index (χ0v) is 13.2. The quantitative estimate of drug-likeness (QED) is 0.721. The van der Waals surface area contributed by atoms with E-state index >= 15 is 0 Å². The third kappa shape index (κ3) is 2.59. The van der Waals surface area contributed by atoms with Gasteiger partial charge >= 0.3 is 7.60 Å². The molecule has 0 aromatic heterocycles. The predicted molar refractivity (Wildman–Crippen MR) is 91.2 cm³/mol. The van der Waals surface area contributed by atoms with Gasteiger partial charge in [0.05, 0.1) is 5.30 Å². The lowest BCUT2D eigenvalue weighted by molar-refractivity contribution is 0.392. The molecular formula is C19H15O3P. The van der Waals surface area contributed by atoms with Crippen LogP contribution in [0.15, 0.2) is 72.8 Å². The Kier molecular flexibility index (Phi) is 3.33. The fourth-order valence-electron chi connectivity index (χ4n) is 2.93. The van der Waals surface area contributed by atoms with Gasteiger partial charge in [-0.05, 0) is 29.7 Å². The van der Waals surface area contributed by atoms with Crippen molar-refractivity contribution in [2.45, 2.75) is 6.42 Å². The van der Waals surface area contributed by atoms with Crippen molar-refractivity contribution in [1.29, 1.82) is 0 Å². The van der Waals surface area contributed by atoms with Gasteiger partial charge in [-0.2, -0.15) is 0 Å². The van der Waals surface area contributed by atoms with Crippen LogP contribution in [0.1, 0.15) is 11.1 Å². The highest BCUT2D eigenvalue weighted by molar-refractivity contribution is 7.62. The lowest BCUT2D eigenvalue weighted by atomic mass is 9.99. The summed E-state index contributed by atoms with van der Waals surface area (Å²) in [4.78, 5) is 10.3. The van der Waals surface area contributed by atoms with Gasteiger partial charge in [-0.15, -0.1) is 0 Å². The minimum absolute atomic E-state index is 0.379. The molecule has 0 bridgehead atoms. The summed E-state index contributed by atoms with van der Waals surface area (Å²) in [5, 5.41) is 0.379. The fraction of sp³-hybridized carbons (Fsp3) is 0.0526. The average molecular weight is 322 g/mol. The molecule has 0 aliphatic carbocycles. The molecule has 3 nitrogen and oxygen atoms in total. The van der Waals surface area contributed by atoms with Gasteiger partial charge in [0.25, 0.3) is 0 Å². The monoisotopic (exact) mass is 322 g/mol. The molecule has 4 heteroatoms. The van der Waals surface area contributed by atoms with Gasteiger partial charge in [0.15, 0.2) is 0 Å². The Morgan fingerprint density at radius 3 is 2.39 bits per heavy atom. The van der Waals surface area contributed by atoms with Crippen LogP contribution >= 0.6 is 7.60 Å². The van der Waals surface area contributed by atoms with Crippen molar-refractivity contribution in [3.8, 4) is 16.9 Å². The molecule has 4 rings (SSSR count). The van der Waals surface area contributed by atoms with Crippen LogP contribution < -0.4 is 9.83 Å². The summed E-state index contributed by atoms with van der Waals surface area (Å²) in [7, 11) is -3.84. The van der Waals surface area contributed by atoms with Crippen LogP contribution in [-0.2, 0) is 11.0 Å². The van der Waals surface area contributed by atoms with Crippen LogP contribution in [0.3, 0.4) is 0 Å². The number of fused-ring (bicyclic) bond motifs is 3. The maximum Gasteiger partial charge on any atom is 0.408 e. The Hall–Kier alpha value is -2.35. The molecule has 3 aromatic carbocycles. The summed E-state index contributed by atoms with van der Waals surface area (Å²) in [6, 6.07) is 23.1. The first-order valence-electron chi connectivity index (χ1n) is 7.43. The van der Waals surface area contributed by atoms with Crippen molar-refractivity contribution < 1.29 is 14.0 Å². The van der Waals surface area contributed by atoms with E-state index in [4.69, 9.17) is 4.52 Å². The van der Waals surface area contributed by atoms with Gasteiger partial charge < -0.3 is 9.42 Å². The minimum atomic E-state index is -3.84. The molecule has 1 atom stereocenters. The van der Waals surface area contributed by atoms with Crippen molar-refractivity contribution >= 4 is 12.9 Å². The second kappa shape index (κ2) is 5.38. The Balaban J connectivity index is 1.81. The van der Waals surface area contributed by atoms with E-state index in [1.165, 1.54) is 0 Å². The molecule has 0 amide bonds. The summed E-state index contributed by atoms with van der Waals surface area (Å²) < 4.78 is 17.9. The third-order valence-corrected chi connectivity index (χ3v) is 5.44. The molecule has 0 saturated heterocycles. The molecule has 1 aliphatic heterocycles. The smallest absolute Gasteiger partial charge is 0.408 e. The first-order chi connectivity index (χ1) is 11.1. The van der Waals surface area contributed by atoms with Crippen molar-refractivity contribution in [3.05, 3.63) is 83.9 Å². The number of hydrogen-bond acceptors (Lipinski definition) is 2. The maximum atomic E-state index is 12.6. The van der Waals surface area contributed by atoms with Crippen LogP contribution in [-0.4, -0.2) is 4.89 Å². The van der Waals surface area contributed by atoms with E-state index in [0.717, 1.165) is 28.7 Å². The fourth-order valence-corrected chi connectivity index (χ4v) is 4.28. The Morgan fingerprint density at radius 2 is 1.57 bits per heavy atom. The number of para-hydroxylation sites is 1. The molecule has 114 valence electrons. The second-order valence-corrected chi connectivity index (χ2v) is 7.33. The largest absolute Gasteiger partial charge is 0.421 e. The van der Waals surface area contributed by atoms with E-state index in [9.17, 15) is 9.46 Å². The van der Waals surface area contributed by atoms with Crippen molar-refractivity contribution in [1.82, 2.24) is 0 Å². The highest BCUT2D eigenvalue weighted by Gasteiger charge is 2.34. The topological polar surface area (TPSA) is 46.5 Å². The summed E-state index contributed by atoms with van der Waals surface area (Å²) in [5.74, 6) is 0.460. The average Bonchev–Trinajstić information content (AvgIpc) is 2.56. The first kappa shape index (κ1) is 14.3. The standard InChI is InChI=1S/C19H15O3P/c20-23(21)19-13-15(12-14-6-2-1-3-7-14)10-11-17(19)16-8-4-5-9-18(16)22-23/h1-11,13H,12H2,(H,20,21). The Labute approximate surface area is 134 Å². The molecule has 0 radical (unpaired) electrons. The van der Waals surface area contributed by atoms with Crippen LogP contribution in [0.25, 0.3) is 11.1 Å². The number of hydrogen-bond donors (Lipinski definition) is 1. The third-order valence-electron chi connectivity index (χ3n) is 4.02. The zero-order valence-electron chi connectivity index (χ0n) is 12.3. The molecule has 1 heterocycles. The van der Waals surface area contributed by atoms with Crippen LogP contribution in [0.5, 0.6) is 5.75 Å². The van der Waals surface area contributed by atoms with Crippen molar-refractivity contribution in [2.75, 3.05) is 0 Å². The molecule has 0 fully saturated rings. The van der Waals surface area contributed by atoms with Gasteiger partial charge in [0, 0.05) is 11.1 Å². The van der Waals surface area contributed by atoms with Crippen LogP contribution in [0, 0.1) is 0 Å². The van der Waals surface area contributed by atoms with Crippen molar-refractivity contribution in [3.63, 3.8) is 0 Å². The summed E-state index contributed by atoms with van der Waals surface area (Å²) in [5.41, 5.74) is 3.79. The minimum Gasteiger partial charge on any atom is -0.421 e. The molecule has 1 aliphatic rings. The van der Waals surface area contributed by atoms with E-state index in [1.807, 2.05) is 54.6 Å². The zero-order chi connectivity index (χ0) is 15.9. The number of rotatable bonds is 2. The Morgan fingerprint density at radius 1 is 0.826 bits per heavy atom. The number of benzene rings is 3. The van der Waals surface area contributed by atoms with Gasteiger partial charge in [-0.25, -0.2) is 4.57 Å². The van der Waals surface area contributed by atoms with E-state index in [2.05, 4.69) is 0 Å². The Bertz CT molecular complexity index is 919. The highest BCUT2D eigenvalue weighted by Crippen LogP contribution is 2.51. The van der Waals surface area contributed by atoms with E-state index < -0.39 is 7.60 Å². The predicted octanol–water partition coefficient (Wildman–Crippen LogP) is 4.15. The summed E-state index contributed by atoms with van der Waals surface area (Å²) in [6.45, 7) is 0. The molecule has 1 N–H and O–H groups in total. The van der Waals surface area contributed by atoms with Gasteiger partial charge in [0.2, 0.25) is 0 Å². The highest BCUT2D eigenvalue weighted by atomic mass is 31.2. The van der Waals surface area contributed by atoms with Crippen LogP contribution in [0.4, 0.5) is 0 Å². The normalized spacial score (nSPS) is 18.7. The van der Waals surface area contributed by atoms with Crippen LogP contribution in [0.2, 0.25) is 0 Å². The van der Waals surface area contributed by atoms with Gasteiger partial charge in [0.1, 0.15) is 5.75 Å².